The van der Waals surface area contributed by atoms with Crippen LogP contribution >= 0.6 is 27.3 Å². The van der Waals surface area contributed by atoms with Gasteiger partial charge < -0.3 is 0 Å². The van der Waals surface area contributed by atoms with Crippen LogP contribution in [0.4, 0.5) is 4.39 Å². The van der Waals surface area contributed by atoms with Gasteiger partial charge in [0.15, 0.2) is 3.92 Å². The molecule has 0 saturated carbocycles. The summed E-state index contributed by atoms with van der Waals surface area (Å²) in [5, 5.41) is 4.57. The van der Waals surface area contributed by atoms with Gasteiger partial charge in [-0.2, -0.15) is 9.78 Å². The van der Waals surface area contributed by atoms with Crippen molar-refractivity contribution < 1.29 is 4.39 Å². The smallest absolute Gasteiger partial charge is 0.267 e. The van der Waals surface area contributed by atoms with Crippen LogP contribution < -0.4 is 5.56 Å². The molecule has 2 aromatic carbocycles. The second-order valence-corrected chi connectivity index (χ2v) is 8.18. The molecule has 0 spiro atoms. The molecule has 2 heterocycles. The van der Waals surface area contributed by atoms with Crippen molar-refractivity contribution in [2.45, 2.75) is 6.92 Å². The maximum absolute atomic E-state index is 13.3. The van der Waals surface area contributed by atoms with Gasteiger partial charge in [0.2, 0.25) is 0 Å². The van der Waals surface area contributed by atoms with Crippen LogP contribution in [-0.4, -0.2) is 14.8 Å². The van der Waals surface area contributed by atoms with Crippen molar-refractivity contribution in [2.24, 2.45) is 0 Å². The van der Waals surface area contributed by atoms with Crippen molar-refractivity contribution in [3.63, 3.8) is 0 Å². The second-order valence-electron chi connectivity index (χ2n) is 5.91. The Bertz CT molecular complexity index is 1180. The van der Waals surface area contributed by atoms with E-state index >= 15 is 0 Å². The first-order valence-corrected chi connectivity index (χ1v) is 9.73. The van der Waals surface area contributed by atoms with Crippen molar-refractivity contribution >= 4 is 27.3 Å². The summed E-state index contributed by atoms with van der Waals surface area (Å²) in [4.78, 5) is 17.7. The van der Waals surface area contributed by atoms with Gasteiger partial charge in [0, 0.05) is 11.6 Å². The zero-order chi connectivity index (χ0) is 19.0. The Morgan fingerprint density at radius 1 is 1.04 bits per heavy atom. The van der Waals surface area contributed by atoms with E-state index in [0.717, 1.165) is 21.7 Å². The summed E-state index contributed by atoms with van der Waals surface area (Å²) in [6, 6.07) is 16.9. The molecule has 0 unspecified atom stereocenters. The lowest BCUT2D eigenvalue weighted by atomic mass is 10.1. The lowest BCUT2D eigenvalue weighted by Crippen LogP contribution is -2.21. The number of benzene rings is 2. The molecule has 27 heavy (non-hydrogen) atoms. The molecule has 2 aromatic heterocycles. The normalized spacial score (nSPS) is 10.9. The molecule has 0 bridgehead atoms. The van der Waals surface area contributed by atoms with Gasteiger partial charge in [0.05, 0.1) is 16.3 Å². The topological polar surface area (TPSA) is 47.8 Å². The lowest BCUT2D eigenvalue weighted by molar-refractivity contribution is 0.628. The quantitative estimate of drug-likeness (QED) is 0.437. The minimum absolute atomic E-state index is 0.208. The average Bonchev–Trinajstić information content (AvgIpc) is 3.05. The Hall–Kier alpha value is -2.64. The summed E-state index contributed by atoms with van der Waals surface area (Å²) in [5.41, 5.74) is 3.57. The summed E-state index contributed by atoms with van der Waals surface area (Å²) in [6.07, 6.45) is 0. The third-order valence-corrected chi connectivity index (χ3v) is 5.62. The van der Waals surface area contributed by atoms with Crippen LogP contribution in [0, 0.1) is 12.7 Å². The highest BCUT2D eigenvalue weighted by molar-refractivity contribution is 9.11. The van der Waals surface area contributed by atoms with E-state index in [1.165, 1.54) is 34.2 Å². The first kappa shape index (κ1) is 17.8. The van der Waals surface area contributed by atoms with Crippen LogP contribution in [0.2, 0.25) is 0 Å². The van der Waals surface area contributed by atoms with Gasteiger partial charge in [-0.3, -0.25) is 4.79 Å². The van der Waals surface area contributed by atoms with Gasteiger partial charge in [0.25, 0.3) is 5.56 Å². The van der Waals surface area contributed by atoms with Crippen molar-refractivity contribution in [3.05, 3.63) is 86.3 Å². The van der Waals surface area contributed by atoms with Crippen molar-refractivity contribution in [3.8, 4) is 27.5 Å². The molecule has 0 aliphatic heterocycles. The largest absolute Gasteiger partial charge is 0.271 e. The average molecular weight is 442 g/mol. The van der Waals surface area contributed by atoms with E-state index in [4.69, 9.17) is 0 Å². The predicted molar refractivity (Wildman–Crippen MR) is 109 cm³/mol. The standard InChI is InChI=1S/C20H13BrFN3OS/c1-12-4-2-3-5-16(12)25-17(26)11-10-15(24-25)19-18(23-20(21)27-19)13-6-8-14(22)9-7-13/h2-11H,1H3. The summed E-state index contributed by atoms with van der Waals surface area (Å²) >= 11 is 4.83. The van der Waals surface area contributed by atoms with Crippen LogP contribution in [-0.2, 0) is 0 Å². The van der Waals surface area contributed by atoms with E-state index in [0.29, 0.717) is 15.3 Å². The minimum Gasteiger partial charge on any atom is -0.267 e. The van der Waals surface area contributed by atoms with Gasteiger partial charge in [-0.05, 0) is 64.8 Å². The van der Waals surface area contributed by atoms with Crippen molar-refractivity contribution in [1.82, 2.24) is 14.8 Å². The Balaban J connectivity index is 1.88. The highest BCUT2D eigenvalue weighted by Gasteiger charge is 2.17. The van der Waals surface area contributed by atoms with Gasteiger partial charge in [-0.1, -0.05) is 18.2 Å². The number of nitrogens with zero attached hydrogens (tertiary/aromatic N) is 3. The molecular weight excluding hydrogens is 429 g/mol. The van der Waals surface area contributed by atoms with Gasteiger partial charge in [-0.25, -0.2) is 9.37 Å². The highest BCUT2D eigenvalue weighted by Crippen LogP contribution is 2.37. The number of hydrogen-bond donors (Lipinski definition) is 0. The molecule has 0 aliphatic rings. The molecule has 0 radical (unpaired) electrons. The summed E-state index contributed by atoms with van der Waals surface area (Å²) in [7, 11) is 0. The Morgan fingerprint density at radius 3 is 2.52 bits per heavy atom. The van der Waals surface area contributed by atoms with Crippen LogP contribution in [0.25, 0.3) is 27.5 Å². The van der Waals surface area contributed by atoms with Crippen LogP contribution in [0.1, 0.15) is 5.56 Å². The summed E-state index contributed by atoms with van der Waals surface area (Å²) in [6.45, 7) is 1.93. The van der Waals surface area contributed by atoms with E-state index in [-0.39, 0.29) is 11.4 Å². The molecule has 0 aliphatic carbocycles. The molecule has 0 N–H and O–H groups in total. The Morgan fingerprint density at radius 2 is 1.78 bits per heavy atom. The molecule has 7 heteroatoms. The summed E-state index contributed by atoms with van der Waals surface area (Å²) in [5.74, 6) is -0.305. The number of hydrogen-bond acceptors (Lipinski definition) is 4. The molecule has 4 rings (SSSR count). The fraction of sp³-hybridized carbons (Fsp3) is 0.0500. The lowest BCUT2D eigenvalue weighted by Gasteiger charge is -2.09. The fourth-order valence-electron chi connectivity index (χ4n) is 2.78. The van der Waals surface area contributed by atoms with Gasteiger partial charge in [-0.15, -0.1) is 11.3 Å². The van der Waals surface area contributed by atoms with Crippen molar-refractivity contribution in [2.75, 3.05) is 0 Å². The van der Waals surface area contributed by atoms with Crippen LogP contribution in [0.3, 0.4) is 0 Å². The molecule has 0 atom stereocenters. The first-order valence-electron chi connectivity index (χ1n) is 8.12. The minimum atomic E-state index is -0.305. The SMILES string of the molecule is Cc1ccccc1-n1nc(-c2sc(Br)nc2-c2ccc(F)cc2)ccc1=O. The maximum Gasteiger partial charge on any atom is 0.271 e. The third kappa shape index (κ3) is 3.48. The molecule has 134 valence electrons. The molecule has 0 fully saturated rings. The number of halogens is 2. The van der Waals surface area contributed by atoms with E-state index in [9.17, 15) is 9.18 Å². The molecule has 4 aromatic rings. The van der Waals surface area contributed by atoms with Crippen molar-refractivity contribution in [1.29, 1.82) is 0 Å². The van der Waals surface area contributed by atoms with E-state index in [2.05, 4.69) is 26.0 Å². The van der Waals surface area contributed by atoms with Crippen LogP contribution in [0.15, 0.2) is 69.4 Å². The predicted octanol–water partition coefficient (Wildman–Crippen LogP) is 5.23. The first-order chi connectivity index (χ1) is 13.0. The molecule has 4 nitrogen and oxygen atoms in total. The molecule has 0 saturated heterocycles. The summed E-state index contributed by atoms with van der Waals surface area (Å²) < 4.78 is 15.4. The molecular formula is C20H13BrFN3OS. The molecule has 0 amide bonds. The number of thiazole rings is 1. The van der Waals surface area contributed by atoms with E-state index in [1.807, 2.05) is 31.2 Å². The van der Waals surface area contributed by atoms with E-state index in [1.54, 1.807) is 18.2 Å². The van der Waals surface area contributed by atoms with Crippen LogP contribution in [0.5, 0.6) is 0 Å². The fourth-order valence-corrected chi connectivity index (χ4v) is 4.22. The maximum atomic E-state index is 13.3. The number of rotatable bonds is 3. The zero-order valence-electron chi connectivity index (χ0n) is 14.2. The Labute approximate surface area is 167 Å². The third-order valence-electron chi connectivity index (χ3n) is 4.10. The second kappa shape index (κ2) is 7.17. The number of para-hydroxylation sites is 1. The van der Waals surface area contributed by atoms with Gasteiger partial charge in [0.1, 0.15) is 11.5 Å². The van der Waals surface area contributed by atoms with E-state index < -0.39 is 0 Å². The zero-order valence-corrected chi connectivity index (χ0v) is 16.6. The Kier molecular flexibility index (Phi) is 4.72. The number of aromatic nitrogens is 3. The highest BCUT2D eigenvalue weighted by atomic mass is 79.9. The van der Waals surface area contributed by atoms with Gasteiger partial charge >= 0.3 is 0 Å². The monoisotopic (exact) mass is 441 g/mol. The number of aryl methyl sites for hydroxylation is 1.